The topological polar surface area (TPSA) is 67.6 Å². The highest BCUT2D eigenvalue weighted by atomic mass is 16.5. The van der Waals surface area contributed by atoms with Gasteiger partial charge in [0.25, 0.3) is 0 Å². The molecule has 2 heterocycles. The van der Waals surface area contributed by atoms with Crippen molar-refractivity contribution in [2.45, 2.75) is 58.4 Å². The highest BCUT2D eigenvalue weighted by Crippen LogP contribution is 2.25. The van der Waals surface area contributed by atoms with Crippen LogP contribution in [0.25, 0.3) is 0 Å². The van der Waals surface area contributed by atoms with Crippen LogP contribution in [0.1, 0.15) is 53.2 Å². The largest absolute Gasteiger partial charge is 0.381 e. The van der Waals surface area contributed by atoms with E-state index >= 15 is 0 Å². The van der Waals surface area contributed by atoms with Gasteiger partial charge in [-0.25, -0.2) is 0 Å². The average Bonchev–Trinajstić information content (AvgIpc) is 2.96. The fourth-order valence-electron chi connectivity index (χ4n) is 2.67. The quantitative estimate of drug-likeness (QED) is 0.894. The van der Waals surface area contributed by atoms with Gasteiger partial charge in [-0.1, -0.05) is 25.9 Å². The summed E-state index contributed by atoms with van der Waals surface area (Å²) in [7, 11) is 2.00. The molecule has 0 aromatic carbocycles. The van der Waals surface area contributed by atoms with Crippen LogP contribution in [-0.2, 0) is 14.9 Å². The molecule has 0 bridgehead atoms. The summed E-state index contributed by atoms with van der Waals surface area (Å²) in [4.78, 5) is 14.8. The molecular weight excluding hydrogens is 306 g/mol. The number of nitrogens with zero attached hydrogens (tertiary/aromatic N) is 2. The molecule has 1 aliphatic heterocycles. The lowest BCUT2D eigenvalue weighted by Crippen LogP contribution is -2.52. The molecule has 24 heavy (non-hydrogen) atoms. The number of carbonyl (C=O) groups is 1. The Labute approximate surface area is 144 Å². The Morgan fingerprint density at radius 1 is 1.29 bits per heavy atom. The van der Waals surface area contributed by atoms with Crippen LogP contribution in [-0.4, -0.2) is 48.3 Å². The summed E-state index contributed by atoms with van der Waals surface area (Å²) in [6.07, 6.45) is 2.11. The molecule has 1 saturated heterocycles. The van der Waals surface area contributed by atoms with Gasteiger partial charge in [0.15, 0.2) is 0 Å². The maximum absolute atomic E-state index is 12.7. The third-order valence-electron chi connectivity index (χ3n) is 4.90. The molecule has 136 valence electrons. The van der Waals surface area contributed by atoms with Crippen LogP contribution in [0.2, 0.25) is 0 Å². The van der Waals surface area contributed by atoms with E-state index in [0.717, 1.165) is 38.3 Å². The maximum atomic E-state index is 12.7. The summed E-state index contributed by atoms with van der Waals surface area (Å²) in [5.74, 6) is 0.889. The summed E-state index contributed by atoms with van der Waals surface area (Å²) in [5, 5.41) is 6.90. The summed E-state index contributed by atoms with van der Waals surface area (Å²) in [5.41, 5.74) is 0.0839. The lowest BCUT2D eigenvalue weighted by molar-refractivity contribution is -0.126. The molecule has 0 saturated carbocycles. The maximum Gasteiger partial charge on any atom is 0.246 e. The first-order valence-corrected chi connectivity index (χ1v) is 8.68. The Morgan fingerprint density at radius 2 is 1.92 bits per heavy atom. The minimum Gasteiger partial charge on any atom is -0.381 e. The molecule has 0 radical (unpaired) electrons. The second-order valence-corrected chi connectivity index (χ2v) is 8.28. The van der Waals surface area contributed by atoms with Gasteiger partial charge < -0.3 is 9.26 Å². The van der Waals surface area contributed by atoms with Gasteiger partial charge in [-0.05, 0) is 39.7 Å². The van der Waals surface area contributed by atoms with Crippen molar-refractivity contribution in [1.29, 1.82) is 0 Å². The minimum atomic E-state index is -0.632. The van der Waals surface area contributed by atoms with Crippen molar-refractivity contribution in [1.82, 2.24) is 10.1 Å². The van der Waals surface area contributed by atoms with E-state index < -0.39 is 5.54 Å². The Kier molecular flexibility index (Phi) is 5.71. The molecule has 0 unspecified atom stereocenters. The van der Waals surface area contributed by atoms with Crippen LogP contribution in [0.3, 0.4) is 0 Å². The van der Waals surface area contributed by atoms with Gasteiger partial charge in [-0.3, -0.25) is 15.0 Å². The molecule has 1 aromatic heterocycles. The van der Waals surface area contributed by atoms with E-state index in [1.54, 1.807) is 6.07 Å². The number of likely N-dealkylation sites (N-methyl/N-ethyl adjacent to an activating group) is 1. The van der Waals surface area contributed by atoms with Crippen LogP contribution in [0.5, 0.6) is 0 Å². The number of hydrogen-bond acceptors (Lipinski definition) is 5. The van der Waals surface area contributed by atoms with Crippen LogP contribution in [0.15, 0.2) is 10.6 Å². The van der Waals surface area contributed by atoms with Crippen molar-refractivity contribution in [2.75, 3.05) is 32.1 Å². The zero-order valence-electron chi connectivity index (χ0n) is 15.8. The molecule has 1 fully saturated rings. The molecule has 1 aromatic rings. The first-order chi connectivity index (χ1) is 11.1. The minimum absolute atomic E-state index is 0.0892. The Balaban J connectivity index is 1.97. The molecule has 0 spiro atoms. The number of hydrogen-bond donors (Lipinski definition) is 1. The first-order valence-electron chi connectivity index (χ1n) is 8.68. The second kappa shape index (κ2) is 7.23. The molecule has 2 rings (SSSR count). The molecule has 1 aliphatic rings. The predicted molar refractivity (Wildman–Crippen MR) is 94.1 cm³/mol. The van der Waals surface area contributed by atoms with Crippen molar-refractivity contribution in [3.63, 3.8) is 0 Å². The van der Waals surface area contributed by atoms with Gasteiger partial charge in [0.05, 0.1) is 11.2 Å². The molecule has 0 atom stereocenters. The molecular formula is C18H31N3O3. The molecule has 1 N–H and O–H groups in total. The van der Waals surface area contributed by atoms with E-state index in [9.17, 15) is 4.79 Å². The lowest BCUT2D eigenvalue weighted by Gasteiger charge is -2.37. The predicted octanol–water partition coefficient (Wildman–Crippen LogP) is 3.05. The summed E-state index contributed by atoms with van der Waals surface area (Å²) < 4.78 is 10.7. The van der Waals surface area contributed by atoms with E-state index in [-0.39, 0.29) is 11.3 Å². The number of amides is 1. The van der Waals surface area contributed by atoms with E-state index in [0.29, 0.717) is 11.8 Å². The van der Waals surface area contributed by atoms with Gasteiger partial charge in [-0.15, -0.1) is 0 Å². The zero-order chi connectivity index (χ0) is 18.0. The smallest absolute Gasteiger partial charge is 0.246 e. The molecule has 6 heteroatoms. The third kappa shape index (κ3) is 4.57. The van der Waals surface area contributed by atoms with Crippen LogP contribution >= 0.6 is 0 Å². The standard InChI is InChI=1S/C18H31N3O3/c1-17(2,3)14-11-15(24-20-14)19-16(22)18(4,5)21(6)12-13-7-9-23-10-8-13/h11,13H,7-10,12H2,1-6H3,(H,19,22). The number of nitrogens with one attached hydrogen (secondary N) is 1. The second-order valence-electron chi connectivity index (χ2n) is 8.28. The van der Waals surface area contributed by atoms with Gasteiger partial charge in [-0.2, -0.15) is 0 Å². The van der Waals surface area contributed by atoms with E-state index in [4.69, 9.17) is 9.26 Å². The number of ether oxygens (including phenoxy) is 1. The summed E-state index contributed by atoms with van der Waals surface area (Å²) in [6, 6.07) is 1.80. The van der Waals surface area contributed by atoms with E-state index in [2.05, 4.69) is 36.1 Å². The number of aromatic nitrogens is 1. The zero-order valence-corrected chi connectivity index (χ0v) is 15.8. The molecule has 6 nitrogen and oxygen atoms in total. The van der Waals surface area contributed by atoms with Gasteiger partial charge in [0, 0.05) is 31.2 Å². The Bertz CT molecular complexity index is 554. The van der Waals surface area contributed by atoms with Crippen molar-refractivity contribution in [2.24, 2.45) is 5.92 Å². The van der Waals surface area contributed by atoms with Crippen LogP contribution in [0.4, 0.5) is 5.88 Å². The number of carbonyl (C=O) groups excluding carboxylic acids is 1. The van der Waals surface area contributed by atoms with E-state index in [1.165, 1.54) is 0 Å². The summed E-state index contributed by atoms with van der Waals surface area (Å²) in [6.45, 7) is 12.6. The Morgan fingerprint density at radius 3 is 2.46 bits per heavy atom. The van der Waals surface area contributed by atoms with Crippen molar-refractivity contribution >= 4 is 11.8 Å². The third-order valence-corrected chi connectivity index (χ3v) is 4.90. The van der Waals surface area contributed by atoms with Gasteiger partial charge in [0.1, 0.15) is 0 Å². The van der Waals surface area contributed by atoms with Gasteiger partial charge >= 0.3 is 0 Å². The normalized spacial score (nSPS) is 17.3. The molecule has 1 amide bonds. The highest BCUT2D eigenvalue weighted by molar-refractivity contribution is 5.96. The molecule has 0 aliphatic carbocycles. The monoisotopic (exact) mass is 337 g/mol. The van der Waals surface area contributed by atoms with Crippen LogP contribution < -0.4 is 5.32 Å². The lowest BCUT2D eigenvalue weighted by atomic mass is 9.92. The van der Waals surface area contributed by atoms with E-state index in [1.807, 2.05) is 20.9 Å². The van der Waals surface area contributed by atoms with Crippen molar-refractivity contribution < 1.29 is 14.1 Å². The highest BCUT2D eigenvalue weighted by Gasteiger charge is 2.34. The van der Waals surface area contributed by atoms with Crippen molar-refractivity contribution in [3.8, 4) is 0 Å². The fraction of sp³-hybridized carbons (Fsp3) is 0.778. The average molecular weight is 337 g/mol. The van der Waals surface area contributed by atoms with Crippen LogP contribution in [0, 0.1) is 5.92 Å². The van der Waals surface area contributed by atoms with Crippen molar-refractivity contribution in [3.05, 3.63) is 11.8 Å². The first kappa shape index (κ1) is 18.9. The Hall–Kier alpha value is -1.40. The summed E-state index contributed by atoms with van der Waals surface area (Å²) >= 11 is 0. The number of anilines is 1. The SMILES string of the molecule is CN(CC1CCOCC1)C(C)(C)C(=O)Nc1cc(C(C)(C)C)no1. The number of rotatable bonds is 5. The van der Waals surface area contributed by atoms with Gasteiger partial charge in [0.2, 0.25) is 11.8 Å². The fourth-order valence-corrected chi connectivity index (χ4v) is 2.67.